The Morgan fingerprint density at radius 3 is 3.00 bits per heavy atom. The molecule has 6 heteroatoms. The van der Waals surface area contributed by atoms with E-state index in [2.05, 4.69) is 26.9 Å². The molecule has 0 N–H and O–H groups in total. The molecule has 0 bridgehead atoms. The van der Waals surface area contributed by atoms with Crippen LogP contribution in [0.3, 0.4) is 0 Å². The van der Waals surface area contributed by atoms with Gasteiger partial charge >= 0.3 is 5.97 Å². The normalized spacial score (nSPS) is 16.1. The molecule has 0 amide bonds. The number of anilines is 1. The van der Waals surface area contributed by atoms with Crippen LogP contribution in [-0.4, -0.2) is 26.2 Å². The van der Waals surface area contributed by atoms with E-state index in [1.54, 1.807) is 6.26 Å². The van der Waals surface area contributed by atoms with E-state index >= 15 is 0 Å². The average Bonchev–Trinajstić information content (AvgIpc) is 3.12. The third kappa shape index (κ3) is 3.41. The quantitative estimate of drug-likeness (QED) is 0.553. The number of rotatable bonds is 4. The minimum absolute atomic E-state index is 0.151. The molecule has 1 atom stereocenters. The smallest absolute Gasteiger partial charge is 0.310 e. The van der Waals surface area contributed by atoms with Gasteiger partial charge in [0.25, 0.3) is 0 Å². The first kappa shape index (κ1) is 17.9. The van der Waals surface area contributed by atoms with Crippen LogP contribution < -0.4 is 9.64 Å². The lowest BCUT2D eigenvalue weighted by Gasteiger charge is -2.35. The summed E-state index contributed by atoms with van der Waals surface area (Å²) < 4.78 is 17.9. The van der Waals surface area contributed by atoms with Crippen LogP contribution in [0.1, 0.15) is 24.2 Å². The van der Waals surface area contributed by atoms with Gasteiger partial charge in [-0.05, 0) is 52.7 Å². The Morgan fingerprint density at radius 2 is 2.19 bits per heavy atom. The molecule has 4 rings (SSSR count). The van der Waals surface area contributed by atoms with Crippen LogP contribution in [0.15, 0.2) is 51.6 Å². The van der Waals surface area contributed by atoms with Crippen molar-refractivity contribution >= 4 is 38.6 Å². The van der Waals surface area contributed by atoms with Gasteiger partial charge in [-0.3, -0.25) is 4.79 Å². The number of nitrogens with zero attached hydrogens (tertiary/aromatic N) is 1. The van der Waals surface area contributed by atoms with Crippen LogP contribution in [0.25, 0.3) is 11.0 Å². The first-order valence-electron chi connectivity index (χ1n) is 8.88. The molecule has 1 unspecified atom stereocenters. The summed E-state index contributed by atoms with van der Waals surface area (Å²) in [5, 5.41) is 1.02. The van der Waals surface area contributed by atoms with E-state index in [1.165, 1.54) is 0 Å². The van der Waals surface area contributed by atoms with Gasteiger partial charge < -0.3 is 18.8 Å². The fourth-order valence-electron chi connectivity index (χ4n) is 3.46. The summed E-state index contributed by atoms with van der Waals surface area (Å²) in [6, 6.07) is 11.9. The summed E-state index contributed by atoms with van der Waals surface area (Å²) >= 11 is 3.58. The van der Waals surface area contributed by atoms with E-state index < -0.39 is 0 Å². The van der Waals surface area contributed by atoms with Gasteiger partial charge in [0.15, 0.2) is 0 Å². The molecule has 3 aromatic rings. The van der Waals surface area contributed by atoms with Crippen molar-refractivity contribution in [3.63, 3.8) is 0 Å². The standard InChI is InChI=1S/C21H20BrNO4/c1-3-25-19(24)11-13-5-4-6-17-21(13)27-18(12-23(17)2)15-9-14-7-8-26-20(14)16(22)10-15/h4-10,18H,3,11-12H2,1-2H3. The SMILES string of the molecule is CCOC(=O)Cc1cccc2c1OC(c1cc(Br)c3occc3c1)CN2C. The number of fused-ring (bicyclic) bond motifs is 2. The van der Waals surface area contributed by atoms with Gasteiger partial charge in [0.2, 0.25) is 0 Å². The monoisotopic (exact) mass is 429 g/mol. The predicted octanol–water partition coefficient (Wildman–Crippen LogP) is 4.87. The number of furan rings is 1. The van der Waals surface area contributed by atoms with Gasteiger partial charge in [0, 0.05) is 18.0 Å². The van der Waals surface area contributed by atoms with E-state index in [1.807, 2.05) is 44.3 Å². The first-order chi connectivity index (χ1) is 13.1. The van der Waals surface area contributed by atoms with E-state index in [4.69, 9.17) is 13.9 Å². The molecule has 0 fully saturated rings. The van der Waals surface area contributed by atoms with Crippen LogP contribution in [0, 0.1) is 0 Å². The molecule has 140 valence electrons. The Bertz CT molecular complexity index is 997. The number of hydrogen-bond acceptors (Lipinski definition) is 5. The molecule has 0 aliphatic carbocycles. The number of carbonyl (C=O) groups is 1. The second kappa shape index (κ2) is 7.27. The highest BCUT2D eigenvalue weighted by Crippen LogP contribution is 2.41. The van der Waals surface area contributed by atoms with Crippen LogP contribution in [0.4, 0.5) is 5.69 Å². The molecule has 0 spiro atoms. The first-order valence-corrected chi connectivity index (χ1v) is 9.68. The van der Waals surface area contributed by atoms with E-state index in [0.717, 1.165) is 38.0 Å². The lowest BCUT2D eigenvalue weighted by atomic mass is 10.0. The molecule has 2 aromatic carbocycles. The van der Waals surface area contributed by atoms with E-state index in [9.17, 15) is 4.79 Å². The molecule has 1 aromatic heterocycles. The van der Waals surface area contributed by atoms with Crippen LogP contribution in [-0.2, 0) is 16.0 Å². The summed E-state index contributed by atoms with van der Waals surface area (Å²) in [6.07, 6.45) is 1.73. The summed E-state index contributed by atoms with van der Waals surface area (Å²) in [5.74, 6) is 0.495. The minimum Gasteiger partial charge on any atom is -0.481 e. The molecule has 0 radical (unpaired) electrons. The molecule has 2 heterocycles. The highest BCUT2D eigenvalue weighted by Gasteiger charge is 2.28. The minimum atomic E-state index is -0.248. The Balaban J connectivity index is 1.69. The van der Waals surface area contributed by atoms with E-state index in [-0.39, 0.29) is 18.5 Å². The third-order valence-corrected chi connectivity index (χ3v) is 5.32. The number of halogens is 1. The predicted molar refractivity (Wildman–Crippen MR) is 107 cm³/mol. The van der Waals surface area contributed by atoms with Crippen molar-refractivity contribution in [3.05, 3.63) is 58.3 Å². The fraction of sp³-hybridized carbons (Fsp3) is 0.286. The number of ether oxygens (including phenoxy) is 2. The maximum absolute atomic E-state index is 12.0. The zero-order chi connectivity index (χ0) is 19.0. The fourth-order valence-corrected chi connectivity index (χ4v) is 4.05. The Morgan fingerprint density at radius 1 is 1.33 bits per heavy atom. The van der Waals surface area contributed by atoms with Crippen molar-refractivity contribution in [1.82, 2.24) is 0 Å². The van der Waals surface area contributed by atoms with Crippen molar-refractivity contribution in [2.75, 3.05) is 25.1 Å². The van der Waals surface area contributed by atoms with Crippen LogP contribution in [0.2, 0.25) is 0 Å². The third-order valence-electron chi connectivity index (χ3n) is 4.73. The number of likely N-dealkylation sites (N-methyl/N-ethyl adjacent to an activating group) is 1. The van der Waals surface area contributed by atoms with Crippen LogP contribution in [0.5, 0.6) is 5.75 Å². The second-order valence-corrected chi connectivity index (χ2v) is 7.43. The maximum Gasteiger partial charge on any atom is 0.310 e. The maximum atomic E-state index is 12.0. The Labute approximate surface area is 166 Å². The molecule has 1 aliphatic heterocycles. The summed E-state index contributed by atoms with van der Waals surface area (Å²) in [6.45, 7) is 2.89. The van der Waals surface area contributed by atoms with Crippen molar-refractivity contribution in [2.24, 2.45) is 0 Å². The molecule has 1 aliphatic rings. The topological polar surface area (TPSA) is 51.9 Å². The Kier molecular flexibility index (Phi) is 4.83. The lowest BCUT2D eigenvalue weighted by molar-refractivity contribution is -0.142. The summed E-state index contributed by atoms with van der Waals surface area (Å²) in [4.78, 5) is 14.1. The van der Waals surface area contributed by atoms with Gasteiger partial charge in [0.05, 0.1) is 36.0 Å². The summed E-state index contributed by atoms with van der Waals surface area (Å²) in [7, 11) is 2.04. The van der Waals surface area contributed by atoms with Gasteiger partial charge in [-0.25, -0.2) is 0 Å². The van der Waals surface area contributed by atoms with Crippen molar-refractivity contribution in [1.29, 1.82) is 0 Å². The molecular formula is C21H20BrNO4. The van der Waals surface area contributed by atoms with Crippen molar-refractivity contribution < 1.29 is 18.7 Å². The zero-order valence-corrected chi connectivity index (χ0v) is 16.8. The number of carbonyl (C=O) groups excluding carboxylic acids is 1. The number of esters is 1. The second-order valence-electron chi connectivity index (χ2n) is 6.58. The largest absolute Gasteiger partial charge is 0.481 e. The number of hydrogen-bond donors (Lipinski definition) is 0. The highest BCUT2D eigenvalue weighted by atomic mass is 79.9. The van der Waals surface area contributed by atoms with Gasteiger partial charge in [-0.1, -0.05) is 12.1 Å². The van der Waals surface area contributed by atoms with E-state index in [0.29, 0.717) is 13.2 Å². The molecule has 0 saturated carbocycles. The Hall–Kier alpha value is -2.47. The molecular weight excluding hydrogens is 410 g/mol. The molecule has 27 heavy (non-hydrogen) atoms. The number of para-hydroxylation sites is 1. The van der Waals surface area contributed by atoms with Crippen LogP contribution >= 0.6 is 15.9 Å². The molecule has 5 nitrogen and oxygen atoms in total. The lowest BCUT2D eigenvalue weighted by Crippen LogP contribution is -2.32. The molecule has 0 saturated heterocycles. The summed E-state index contributed by atoms with van der Waals surface area (Å²) in [5.41, 5.74) is 3.70. The zero-order valence-electron chi connectivity index (χ0n) is 15.2. The van der Waals surface area contributed by atoms with Crippen molar-refractivity contribution in [2.45, 2.75) is 19.4 Å². The highest BCUT2D eigenvalue weighted by molar-refractivity contribution is 9.10. The van der Waals surface area contributed by atoms with Gasteiger partial charge in [-0.2, -0.15) is 0 Å². The van der Waals surface area contributed by atoms with Gasteiger partial charge in [0.1, 0.15) is 17.4 Å². The average molecular weight is 430 g/mol. The van der Waals surface area contributed by atoms with Crippen molar-refractivity contribution in [3.8, 4) is 5.75 Å². The van der Waals surface area contributed by atoms with Gasteiger partial charge in [-0.15, -0.1) is 0 Å². The number of benzene rings is 2.